The largest absolute Gasteiger partial charge is 0.300 e. The van der Waals surface area contributed by atoms with Crippen molar-refractivity contribution in [3.05, 3.63) is 66.4 Å². The Morgan fingerprint density at radius 3 is 2.52 bits per heavy atom. The number of ketones is 1. The van der Waals surface area contributed by atoms with E-state index < -0.39 is 0 Å². The van der Waals surface area contributed by atoms with Crippen LogP contribution in [0, 0.1) is 0 Å². The lowest BCUT2D eigenvalue weighted by molar-refractivity contribution is -0.116. The topological polar surface area (TPSA) is 30.0 Å². The zero-order chi connectivity index (χ0) is 14.7. The lowest BCUT2D eigenvalue weighted by atomic mass is 9.99. The molecular formula is C19H17NO. The van der Waals surface area contributed by atoms with Gasteiger partial charge in [0.25, 0.3) is 0 Å². The summed E-state index contributed by atoms with van der Waals surface area (Å²) in [4.78, 5) is 15.5. The highest BCUT2D eigenvalue weighted by Crippen LogP contribution is 2.27. The molecule has 0 saturated heterocycles. The fraction of sp³-hybridized carbons (Fsp3) is 0.158. The fourth-order valence-electron chi connectivity index (χ4n) is 2.51. The monoisotopic (exact) mass is 275 g/mol. The molecule has 0 fully saturated rings. The number of Topliss-reactive ketones (excluding diaryl/α,β-unsaturated/α-hetero) is 1. The maximum Gasteiger partial charge on any atom is 0.130 e. The molecule has 0 amide bonds. The van der Waals surface area contributed by atoms with Crippen LogP contribution in [0.25, 0.3) is 22.0 Å². The molecule has 3 aromatic rings. The third-order valence-electron chi connectivity index (χ3n) is 3.66. The molecule has 3 rings (SSSR count). The normalized spacial score (nSPS) is 10.7. The summed E-state index contributed by atoms with van der Waals surface area (Å²) < 4.78 is 0. The molecule has 0 saturated carbocycles. The molecule has 2 nitrogen and oxygen atoms in total. The number of pyridine rings is 1. The summed E-state index contributed by atoms with van der Waals surface area (Å²) in [7, 11) is 0. The van der Waals surface area contributed by atoms with E-state index in [1.54, 1.807) is 6.92 Å². The average Bonchev–Trinajstić information content (AvgIpc) is 2.53. The summed E-state index contributed by atoms with van der Waals surface area (Å²) in [5.41, 5.74) is 4.52. The van der Waals surface area contributed by atoms with Crippen LogP contribution in [-0.2, 0) is 11.2 Å². The molecule has 0 atom stereocenters. The number of hydrogen-bond donors (Lipinski definition) is 0. The molecular weight excluding hydrogens is 258 g/mol. The predicted octanol–water partition coefficient (Wildman–Crippen LogP) is 4.42. The highest BCUT2D eigenvalue weighted by atomic mass is 16.1. The second-order valence-corrected chi connectivity index (χ2v) is 5.28. The van der Waals surface area contributed by atoms with Crippen molar-refractivity contribution >= 4 is 16.7 Å². The van der Waals surface area contributed by atoms with Crippen LogP contribution in [-0.4, -0.2) is 10.8 Å². The zero-order valence-corrected chi connectivity index (χ0v) is 12.0. The standard InChI is InChI=1S/C19H17NO/c1-14(21)7-8-15-9-11-16(12-10-15)18-6-2-4-17-5-3-13-20-19(17)18/h2-6,9-13H,7-8H2,1H3. The van der Waals surface area contributed by atoms with Crippen LogP contribution in [0.3, 0.4) is 0 Å². The Balaban J connectivity index is 1.94. The highest BCUT2D eigenvalue weighted by molar-refractivity contribution is 5.93. The van der Waals surface area contributed by atoms with Gasteiger partial charge in [-0.2, -0.15) is 0 Å². The minimum atomic E-state index is 0.234. The van der Waals surface area contributed by atoms with Gasteiger partial charge in [-0.05, 0) is 30.5 Å². The zero-order valence-electron chi connectivity index (χ0n) is 12.0. The van der Waals surface area contributed by atoms with Gasteiger partial charge in [-0.25, -0.2) is 0 Å². The molecule has 0 aliphatic carbocycles. The molecule has 104 valence electrons. The minimum Gasteiger partial charge on any atom is -0.300 e. The van der Waals surface area contributed by atoms with E-state index in [4.69, 9.17) is 0 Å². The first-order valence-electron chi connectivity index (χ1n) is 7.16. The Morgan fingerprint density at radius 2 is 1.76 bits per heavy atom. The minimum absolute atomic E-state index is 0.234. The SMILES string of the molecule is CC(=O)CCc1ccc(-c2cccc3cccnc23)cc1. The Labute approximate surface area is 124 Å². The van der Waals surface area contributed by atoms with Crippen LogP contribution >= 0.6 is 0 Å². The lowest BCUT2D eigenvalue weighted by Crippen LogP contribution is -1.93. The van der Waals surface area contributed by atoms with E-state index in [1.165, 1.54) is 5.56 Å². The van der Waals surface area contributed by atoms with Crippen molar-refractivity contribution in [2.75, 3.05) is 0 Å². The molecule has 21 heavy (non-hydrogen) atoms. The number of hydrogen-bond acceptors (Lipinski definition) is 2. The first kappa shape index (κ1) is 13.5. The molecule has 0 bridgehead atoms. The Kier molecular flexibility index (Phi) is 3.78. The van der Waals surface area contributed by atoms with Crippen molar-refractivity contribution in [1.29, 1.82) is 0 Å². The molecule has 0 aliphatic heterocycles. The van der Waals surface area contributed by atoms with Gasteiger partial charge < -0.3 is 4.79 Å². The Morgan fingerprint density at radius 1 is 1.00 bits per heavy atom. The van der Waals surface area contributed by atoms with Crippen LogP contribution in [0.4, 0.5) is 0 Å². The predicted molar refractivity (Wildman–Crippen MR) is 86.2 cm³/mol. The first-order chi connectivity index (χ1) is 10.2. The van der Waals surface area contributed by atoms with E-state index in [1.807, 2.05) is 12.3 Å². The smallest absolute Gasteiger partial charge is 0.130 e. The van der Waals surface area contributed by atoms with E-state index in [0.717, 1.165) is 28.5 Å². The van der Waals surface area contributed by atoms with Gasteiger partial charge in [0.2, 0.25) is 0 Å². The summed E-state index contributed by atoms with van der Waals surface area (Å²) in [5.74, 6) is 0.234. The molecule has 1 aromatic heterocycles. The second-order valence-electron chi connectivity index (χ2n) is 5.28. The number of nitrogens with zero attached hydrogens (tertiary/aromatic N) is 1. The van der Waals surface area contributed by atoms with Gasteiger partial charge >= 0.3 is 0 Å². The van der Waals surface area contributed by atoms with Gasteiger partial charge in [-0.15, -0.1) is 0 Å². The number of carbonyl (C=O) groups is 1. The Bertz CT molecular complexity index is 770. The number of aromatic nitrogens is 1. The third-order valence-corrected chi connectivity index (χ3v) is 3.66. The summed E-state index contributed by atoms with van der Waals surface area (Å²) in [5, 5.41) is 1.15. The lowest BCUT2D eigenvalue weighted by Gasteiger charge is -2.07. The summed E-state index contributed by atoms with van der Waals surface area (Å²) >= 11 is 0. The van der Waals surface area contributed by atoms with Gasteiger partial charge in [-0.3, -0.25) is 4.98 Å². The van der Waals surface area contributed by atoms with E-state index in [9.17, 15) is 4.79 Å². The van der Waals surface area contributed by atoms with Gasteiger partial charge in [-0.1, -0.05) is 48.5 Å². The summed E-state index contributed by atoms with van der Waals surface area (Å²) in [6, 6.07) is 18.7. The van der Waals surface area contributed by atoms with Crippen molar-refractivity contribution in [3.8, 4) is 11.1 Å². The van der Waals surface area contributed by atoms with Gasteiger partial charge in [0.05, 0.1) is 5.52 Å². The molecule has 0 radical (unpaired) electrons. The van der Waals surface area contributed by atoms with Crippen LogP contribution in [0.5, 0.6) is 0 Å². The number of para-hydroxylation sites is 1. The number of fused-ring (bicyclic) bond motifs is 1. The average molecular weight is 275 g/mol. The van der Waals surface area contributed by atoms with Crippen molar-refractivity contribution in [2.24, 2.45) is 0 Å². The molecule has 1 heterocycles. The summed E-state index contributed by atoms with van der Waals surface area (Å²) in [6.45, 7) is 1.64. The van der Waals surface area contributed by atoms with E-state index in [0.29, 0.717) is 6.42 Å². The maximum atomic E-state index is 11.0. The number of aryl methyl sites for hydroxylation is 1. The molecule has 0 unspecified atom stereocenters. The first-order valence-corrected chi connectivity index (χ1v) is 7.16. The van der Waals surface area contributed by atoms with Crippen LogP contribution in [0.15, 0.2) is 60.8 Å². The van der Waals surface area contributed by atoms with Gasteiger partial charge in [0, 0.05) is 23.6 Å². The Hall–Kier alpha value is -2.48. The maximum absolute atomic E-state index is 11.0. The van der Waals surface area contributed by atoms with Crippen molar-refractivity contribution < 1.29 is 4.79 Å². The van der Waals surface area contributed by atoms with Crippen LogP contribution in [0.2, 0.25) is 0 Å². The highest BCUT2D eigenvalue weighted by Gasteiger charge is 2.04. The van der Waals surface area contributed by atoms with E-state index in [2.05, 4.69) is 53.5 Å². The summed E-state index contributed by atoms with van der Waals surface area (Å²) in [6.07, 6.45) is 3.24. The van der Waals surface area contributed by atoms with E-state index >= 15 is 0 Å². The molecule has 2 heteroatoms. The van der Waals surface area contributed by atoms with Gasteiger partial charge in [0.1, 0.15) is 5.78 Å². The number of benzene rings is 2. The van der Waals surface area contributed by atoms with Crippen molar-refractivity contribution in [2.45, 2.75) is 19.8 Å². The van der Waals surface area contributed by atoms with Crippen molar-refractivity contribution in [3.63, 3.8) is 0 Å². The second kappa shape index (κ2) is 5.88. The number of carbonyl (C=O) groups excluding carboxylic acids is 1. The van der Waals surface area contributed by atoms with Crippen LogP contribution in [0.1, 0.15) is 18.9 Å². The molecule has 0 N–H and O–H groups in total. The van der Waals surface area contributed by atoms with Gasteiger partial charge in [0.15, 0.2) is 0 Å². The van der Waals surface area contributed by atoms with Crippen LogP contribution < -0.4 is 0 Å². The fourth-order valence-corrected chi connectivity index (χ4v) is 2.51. The molecule has 0 spiro atoms. The van der Waals surface area contributed by atoms with Crippen molar-refractivity contribution in [1.82, 2.24) is 4.98 Å². The molecule has 2 aromatic carbocycles. The number of rotatable bonds is 4. The molecule has 0 aliphatic rings. The quantitative estimate of drug-likeness (QED) is 0.705. The van der Waals surface area contributed by atoms with E-state index in [-0.39, 0.29) is 5.78 Å². The third kappa shape index (κ3) is 3.00.